The van der Waals surface area contributed by atoms with E-state index in [-0.39, 0.29) is 40.5 Å². The van der Waals surface area contributed by atoms with E-state index in [0.717, 1.165) is 18.9 Å². The van der Waals surface area contributed by atoms with Gasteiger partial charge in [0.25, 0.3) is 5.91 Å². The van der Waals surface area contributed by atoms with Crippen molar-refractivity contribution < 1.29 is 22.8 Å². The Morgan fingerprint density at radius 1 is 1.31 bits per heavy atom. The fraction of sp³-hybridized carbons (Fsp3) is 0.316. The lowest BCUT2D eigenvalue weighted by molar-refractivity contribution is -0.117. The molecule has 32 heavy (non-hydrogen) atoms. The third-order valence-electron chi connectivity index (χ3n) is 4.60. The number of rotatable bonds is 7. The van der Waals surface area contributed by atoms with Crippen LogP contribution in [0.15, 0.2) is 18.3 Å². The normalized spacial score (nSPS) is 14.7. The zero-order chi connectivity index (χ0) is 25.3. The molecule has 0 unspecified atom stereocenters. The van der Waals surface area contributed by atoms with Crippen LogP contribution < -0.4 is 20.7 Å². The molecule has 0 radical (unpaired) electrons. The lowest BCUT2D eigenvalue weighted by Crippen LogP contribution is -2.22. The van der Waals surface area contributed by atoms with Gasteiger partial charge in [-0.2, -0.15) is 24.4 Å². The number of nitrogens with zero attached hydrogens (tertiary/aromatic N) is 6. The summed E-state index contributed by atoms with van der Waals surface area (Å²) in [5.74, 6) is -2.48. The number of anilines is 3. The van der Waals surface area contributed by atoms with Gasteiger partial charge in [-0.3, -0.25) is 9.59 Å². The Kier molecular flexibility index (Phi) is 4.67. The number of aromatic nitrogens is 6. The van der Waals surface area contributed by atoms with Crippen LogP contribution >= 0.6 is 0 Å². The molecule has 0 aromatic carbocycles. The summed E-state index contributed by atoms with van der Waals surface area (Å²) in [6, 6.07) is 2.36. The molecule has 1 aliphatic carbocycles. The van der Waals surface area contributed by atoms with E-state index in [9.17, 15) is 14.0 Å². The SMILES string of the molecule is [2H]C([2H])([2H])NC(=O)c1nnc(NC(=O)C2CC2)cc1Nc1nc(F)cc(-c2cnn(C)n2)c1OC. The van der Waals surface area contributed by atoms with Crippen LogP contribution in [0.4, 0.5) is 21.7 Å². The first-order valence-electron chi connectivity index (χ1n) is 10.9. The van der Waals surface area contributed by atoms with Gasteiger partial charge in [0.15, 0.2) is 23.1 Å². The molecule has 3 heterocycles. The summed E-state index contributed by atoms with van der Waals surface area (Å²) in [6.07, 6.45) is 2.90. The zero-order valence-electron chi connectivity index (χ0n) is 20.0. The second-order valence-electron chi connectivity index (χ2n) is 6.93. The summed E-state index contributed by atoms with van der Waals surface area (Å²) in [5, 5.41) is 22.8. The molecule has 4 rings (SSSR count). The topological polar surface area (TPSA) is 149 Å². The van der Waals surface area contributed by atoms with E-state index in [1.807, 2.05) is 5.32 Å². The van der Waals surface area contributed by atoms with Gasteiger partial charge >= 0.3 is 0 Å². The molecule has 3 aromatic rings. The third-order valence-corrected chi connectivity index (χ3v) is 4.60. The van der Waals surface area contributed by atoms with Gasteiger partial charge in [-0.25, -0.2) is 0 Å². The number of hydrogen-bond donors (Lipinski definition) is 3. The maximum absolute atomic E-state index is 14.5. The third kappa shape index (κ3) is 4.31. The average Bonchev–Trinajstić information content (AvgIpc) is 3.53. The van der Waals surface area contributed by atoms with Crippen LogP contribution in [0, 0.1) is 11.9 Å². The summed E-state index contributed by atoms with van der Waals surface area (Å²) in [6.45, 7) is -2.80. The van der Waals surface area contributed by atoms with Gasteiger partial charge in [0.2, 0.25) is 11.9 Å². The molecule has 12 nitrogen and oxygen atoms in total. The lowest BCUT2D eigenvalue weighted by atomic mass is 10.1. The molecule has 0 atom stereocenters. The molecule has 2 amide bonds. The minimum absolute atomic E-state index is 0.000599. The van der Waals surface area contributed by atoms with Crippen LogP contribution in [0.1, 0.15) is 27.4 Å². The van der Waals surface area contributed by atoms with Crippen LogP contribution in [-0.4, -0.2) is 56.1 Å². The van der Waals surface area contributed by atoms with Crippen molar-refractivity contribution in [1.82, 2.24) is 35.5 Å². The highest BCUT2D eigenvalue weighted by Gasteiger charge is 2.30. The van der Waals surface area contributed by atoms with E-state index in [2.05, 4.69) is 36.0 Å². The predicted molar refractivity (Wildman–Crippen MR) is 111 cm³/mol. The highest BCUT2D eigenvalue weighted by atomic mass is 19.1. The Labute approximate surface area is 185 Å². The highest BCUT2D eigenvalue weighted by Crippen LogP contribution is 2.37. The molecule has 0 spiro atoms. The Morgan fingerprint density at radius 3 is 2.78 bits per heavy atom. The number of carbonyl (C=O) groups excluding carboxylic acids is 2. The van der Waals surface area contributed by atoms with Crippen molar-refractivity contribution >= 4 is 29.1 Å². The van der Waals surface area contributed by atoms with Gasteiger partial charge in [-0.1, -0.05) is 0 Å². The van der Waals surface area contributed by atoms with Crippen LogP contribution in [0.3, 0.4) is 0 Å². The summed E-state index contributed by atoms with van der Waals surface area (Å²) < 4.78 is 41.8. The minimum Gasteiger partial charge on any atom is -0.492 e. The average molecular weight is 444 g/mol. The Morgan fingerprint density at radius 2 is 2.12 bits per heavy atom. The first-order valence-corrected chi connectivity index (χ1v) is 9.43. The van der Waals surface area contributed by atoms with Crippen LogP contribution in [-0.2, 0) is 11.8 Å². The smallest absolute Gasteiger partial charge is 0.273 e. The molecular formula is C19H20FN9O3. The van der Waals surface area contributed by atoms with E-state index in [4.69, 9.17) is 8.85 Å². The predicted octanol–water partition coefficient (Wildman–Crippen LogP) is 1.27. The van der Waals surface area contributed by atoms with Crippen LogP contribution in [0.2, 0.25) is 0 Å². The van der Waals surface area contributed by atoms with Gasteiger partial charge in [0, 0.05) is 36.2 Å². The standard InChI is InChI=1S/C19H20FN9O3/c1-21-19(31)15-11(7-14(26-27-15)25-18(30)9-4-5-9)23-17-16(32-3)10(6-13(20)24-17)12-8-22-29(2)28-12/h6-9H,4-5H2,1-3H3,(H,21,31)(H2,23,24,25,26,30)/i1D3. The minimum atomic E-state index is -2.80. The lowest BCUT2D eigenvalue weighted by Gasteiger charge is -2.15. The second kappa shape index (κ2) is 8.53. The van der Waals surface area contributed by atoms with E-state index in [0.29, 0.717) is 5.69 Å². The van der Waals surface area contributed by atoms with Gasteiger partial charge < -0.3 is 20.7 Å². The van der Waals surface area contributed by atoms with Crippen molar-refractivity contribution in [3.05, 3.63) is 30.0 Å². The first kappa shape index (κ1) is 17.5. The summed E-state index contributed by atoms with van der Waals surface area (Å²) in [4.78, 5) is 29.8. The molecule has 13 heteroatoms. The van der Waals surface area contributed by atoms with Crippen molar-refractivity contribution in [1.29, 1.82) is 0 Å². The number of methoxy groups -OCH3 is 1. The number of hydrogen-bond acceptors (Lipinski definition) is 9. The van der Waals surface area contributed by atoms with Gasteiger partial charge in [-0.05, 0) is 12.8 Å². The maximum atomic E-state index is 14.5. The van der Waals surface area contributed by atoms with E-state index in [1.165, 1.54) is 24.2 Å². The number of aryl methyl sites for hydroxylation is 1. The summed E-state index contributed by atoms with van der Waals surface area (Å²) >= 11 is 0. The largest absolute Gasteiger partial charge is 0.492 e. The molecule has 166 valence electrons. The van der Waals surface area contributed by atoms with Crippen LogP contribution in [0.5, 0.6) is 5.75 Å². The molecule has 3 N–H and O–H groups in total. The first-order chi connectivity index (χ1) is 16.5. The van der Waals surface area contributed by atoms with Crippen molar-refractivity contribution in [3.63, 3.8) is 0 Å². The van der Waals surface area contributed by atoms with Crippen molar-refractivity contribution in [2.24, 2.45) is 13.0 Å². The Hall–Kier alpha value is -4.16. The molecule has 3 aromatic heterocycles. The fourth-order valence-corrected chi connectivity index (χ4v) is 2.93. The van der Waals surface area contributed by atoms with Gasteiger partial charge in [0.05, 0.1) is 24.6 Å². The molecule has 0 aliphatic heterocycles. The van der Waals surface area contributed by atoms with E-state index < -0.39 is 24.5 Å². The number of nitrogens with one attached hydrogen (secondary N) is 3. The number of ether oxygens (including phenoxy) is 1. The van der Waals surface area contributed by atoms with E-state index in [1.54, 1.807) is 7.05 Å². The molecule has 1 saturated carbocycles. The number of amides is 2. The van der Waals surface area contributed by atoms with E-state index >= 15 is 0 Å². The summed E-state index contributed by atoms with van der Waals surface area (Å²) in [5.41, 5.74) is -0.0262. The molecule has 1 fully saturated rings. The van der Waals surface area contributed by atoms with Crippen LogP contribution in [0.25, 0.3) is 11.3 Å². The van der Waals surface area contributed by atoms with Crippen molar-refractivity contribution in [3.8, 4) is 17.0 Å². The number of halogens is 1. The van der Waals surface area contributed by atoms with Crippen molar-refractivity contribution in [2.45, 2.75) is 12.8 Å². The molecule has 1 aliphatic rings. The van der Waals surface area contributed by atoms with Gasteiger partial charge in [-0.15, -0.1) is 10.2 Å². The monoisotopic (exact) mass is 444 g/mol. The molecular weight excluding hydrogens is 421 g/mol. The van der Waals surface area contributed by atoms with Gasteiger partial charge in [0.1, 0.15) is 5.69 Å². The summed E-state index contributed by atoms with van der Waals surface area (Å²) in [7, 11) is 2.91. The number of pyridine rings is 1. The highest BCUT2D eigenvalue weighted by molar-refractivity contribution is 5.99. The number of carbonyl (C=O) groups is 2. The zero-order valence-corrected chi connectivity index (χ0v) is 17.0. The molecule has 0 saturated heterocycles. The quantitative estimate of drug-likeness (QED) is 0.458. The maximum Gasteiger partial charge on any atom is 0.273 e. The fourth-order valence-electron chi connectivity index (χ4n) is 2.93. The Balaban J connectivity index is 1.76. The molecule has 0 bridgehead atoms. The Bertz CT molecular complexity index is 1290. The second-order valence-corrected chi connectivity index (χ2v) is 6.93. The van der Waals surface area contributed by atoms with Crippen molar-refractivity contribution in [2.75, 3.05) is 24.7 Å².